The maximum absolute atomic E-state index is 13.0. The highest BCUT2D eigenvalue weighted by molar-refractivity contribution is 6.35. The molecule has 0 fully saturated rings. The first kappa shape index (κ1) is 23.5. The Morgan fingerprint density at radius 1 is 0.886 bits per heavy atom. The second-order valence-corrected chi connectivity index (χ2v) is 7.68. The van der Waals surface area contributed by atoms with E-state index in [4.69, 9.17) is 14.2 Å². The molecule has 0 atom stereocenters. The molecule has 9 nitrogen and oxygen atoms in total. The van der Waals surface area contributed by atoms with Crippen LogP contribution >= 0.6 is 0 Å². The van der Waals surface area contributed by atoms with Crippen molar-refractivity contribution in [2.45, 2.75) is 6.92 Å². The van der Waals surface area contributed by atoms with Crippen molar-refractivity contribution in [2.75, 3.05) is 31.0 Å². The predicted molar refractivity (Wildman–Crippen MR) is 127 cm³/mol. The van der Waals surface area contributed by atoms with Gasteiger partial charge < -0.3 is 19.5 Å². The first-order valence-corrected chi connectivity index (χ1v) is 10.6. The summed E-state index contributed by atoms with van der Waals surface area (Å²) in [5.74, 6) is -1.48. The third kappa shape index (κ3) is 4.56. The Labute approximate surface area is 201 Å². The maximum atomic E-state index is 13.0. The first-order valence-electron chi connectivity index (χ1n) is 10.6. The monoisotopic (exact) mass is 474 g/mol. The predicted octanol–water partition coefficient (Wildman–Crippen LogP) is 3.61. The highest BCUT2D eigenvalue weighted by Gasteiger charge is 2.37. The molecule has 0 saturated carbocycles. The normalized spacial score (nSPS) is 12.3. The first-order chi connectivity index (χ1) is 16.8. The molecule has 178 valence electrons. The zero-order valence-electron chi connectivity index (χ0n) is 19.3. The summed E-state index contributed by atoms with van der Waals surface area (Å²) < 4.78 is 15.5. The molecule has 1 aliphatic heterocycles. The van der Waals surface area contributed by atoms with E-state index < -0.39 is 30.3 Å². The number of methoxy groups -OCH3 is 2. The maximum Gasteiger partial charge on any atom is 0.338 e. The van der Waals surface area contributed by atoms with Crippen LogP contribution in [0.25, 0.3) is 0 Å². The Balaban J connectivity index is 1.45. The van der Waals surface area contributed by atoms with E-state index in [0.717, 1.165) is 10.5 Å². The number of amides is 3. The van der Waals surface area contributed by atoms with Gasteiger partial charge in [-0.1, -0.05) is 18.2 Å². The number of ether oxygens (including phenoxy) is 3. The number of anilines is 2. The fourth-order valence-electron chi connectivity index (χ4n) is 3.71. The van der Waals surface area contributed by atoms with Gasteiger partial charge in [0.2, 0.25) is 0 Å². The van der Waals surface area contributed by atoms with E-state index in [1.807, 2.05) is 6.07 Å². The van der Waals surface area contributed by atoms with Crippen molar-refractivity contribution >= 4 is 35.1 Å². The van der Waals surface area contributed by atoms with Crippen molar-refractivity contribution in [3.63, 3.8) is 0 Å². The summed E-state index contributed by atoms with van der Waals surface area (Å²) in [6.07, 6.45) is 0. The fourth-order valence-corrected chi connectivity index (χ4v) is 3.71. The number of nitrogens with one attached hydrogen (secondary N) is 1. The number of aryl methyl sites for hydroxylation is 1. The van der Waals surface area contributed by atoms with Gasteiger partial charge in [0.25, 0.3) is 17.7 Å². The summed E-state index contributed by atoms with van der Waals surface area (Å²) in [5.41, 5.74) is 1.93. The number of benzene rings is 3. The molecule has 0 aliphatic carbocycles. The third-order valence-electron chi connectivity index (χ3n) is 5.49. The van der Waals surface area contributed by atoms with Crippen LogP contribution in [0.5, 0.6) is 11.5 Å². The van der Waals surface area contributed by atoms with Gasteiger partial charge in [0.1, 0.15) is 11.5 Å². The molecule has 1 aliphatic rings. The van der Waals surface area contributed by atoms with Crippen molar-refractivity contribution < 1.29 is 33.4 Å². The van der Waals surface area contributed by atoms with Gasteiger partial charge in [-0.05, 0) is 48.9 Å². The van der Waals surface area contributed by atoms with Gasteiger partial charge in [0.15, 0.2) is 6.61 Å². The number of fused-ring (bicyclic) bond motifs is 1. The Hall–Kier alpha value is -4.66. The molecule has 0 spiro atoms. The molecular weight excluding hydrogens is 452 g/mol. The van der Waals surface area contributed by atoms with Gasteiger partial charge >= 0.3 is 5.97 Å². The number of nitrogens with zero attached hydrogens (tertiary/aromatic N) is 1. The zero-order valence-corrected chi connectivity index (χ0v) is 19.3. The van der Waals surface area contributed by atoms with Crippen LogP contribution in [0.1, 0.15) is 36.6 Å². The minimum absolute atomic E-state index is 0.0447. The fraction of sp³-hybridized carbons (Fsp3) is 0.154. The standard InChI is InChI=1S/C26H22N2O7/c1-15-6-4-5-7-21(15)28-24(30)18-10-8-16(12-19(18)25(28)31)26(32)35-14-23(29)27-20-13-17(33-2)9-11-22(20)34-3/h4-13H,14H2,1-3H3,(H,27,29). The van der Waals surface area contributed by atoms with Crippen LogP contribution < -0.4 is 19.7 Å². The summed E-state index contributed by atoms with van der Waals surface area (Å²) in [5, 5.41) is 2.60. The van der Waals surface area contributed by atoms with Crippen molar-refractivity contribution in [1.29, 1.82) is 0 Å². The molecule has 3 aromatic carbocycles. The van der Waals surface area contributed by atoms with Gasteiger partial charge in [-0.15, -0.1) is 0 Å². The molecule has 9 heteroatoms. The number of hydrogen-bond acceptors (Lipinski definition) is 7. The Kier molecular flexibility index (Phi) is 6.50. The van der Waals surface area contributed by atoms with Crippen LogP contribution in [0.3, 0.4) is 0 Å². The van der Waals surface area contributed by atoms with Crippen molar-refractivity contribution in [1.82, 2.24) is 0 Å². The lowest BCUT2D eigenvalue weighted by Gasteiger charge is -2.16. The molecular formula is C26H22N2O7. The van der Waals surface area contributed by atoms with E-state index in [1.165, 1.54) is 32.4 Å². The topological polar surface area (TPSA) is 111 Å². The Morgan fingerprint density at radius 3 is 2.34 bits per heavy atom. The quantitative estimate of drug-likeness (QED) is 0.411. The lowest BCUT2D eigenvalue weighted by molar-refractivity contribution is -0.119. The van der Waals surface area contributed by atoms with E-state index in [2.05, 4.69) is 5.32 Å². The number of esters is 1. The largest absolute Gasteiger partial charge is 0.497 e. The summed E-state index contributed by atoms with van der Waals surface area (Å²) in [6, 6.07) is 16.0. The van der Waals surface area contributed by atoms with E-state index in [9.17, 15) is 19.2 Å². The van der Waals surface area contributed by atoms with Crippen molar-refractivity contribution in [3.05, 3.63) is 82.9 Å². The summed E-state index contributed by atoms with van der Waals surface area (Å²) in [4.78, 5) is 51.8. The zero-order chi connectivity index (χ0) is 25.1. The minimum atomic E-state index is -0.810. The third-order valence-corrected chi connectivity index (χ3v) is 5.49. The lowest BCUT2D eigenvalue weighted by Crippen LogP contribution is -2.29. The molecule has 3 aromatic rings. The van der Waals surface area contributed by atoms with Gasteiger partial charge in [0, 0.05) is 6.07 Å². The van der Waals surface area contributed by atoms with Crippen LogP contribution in [0, 0.1) is 6.92 Å². The number of hydrogen-bond donors (Lipinski definition) is 1. The molecule has 3 amide bonds. The van der Waals surface area contributed by atoms with Crippen LogP contribution in [-0.2, 0) is 9.53 Å². The molecule has 0 bridgehead atoms. The van der Waals surface area contributed by atoms with Crippen molar-refractivity contribution in [2.24, 2.45) is 0 Å². The van der Waals surface area contributed by atoms with Crippen molar-refractivity contribution in [3.8, 4) is 11.5 Å². The van der Waals surface area contributed by atoms with E-state index >= 15 is 0 Å². The van der Waals surface area contributed by atoms with Crippen LogP contribution in [0.15, 0.2) is 60.7 Å². The second kappa shape index (κ2) is 9.68. The second-order valence-electron chi connectivity index (χ2n) is 7.68. The molecule has 4 rings (SSSR count). The average Bonchev–Trinajstić information content (AvgIpc) is 3.12. The molecule has 1 N–H and O–H groups in total. The van der Waals surface area contributed by atoms with Crippen LogP contribution in [0.4, 0.5) is 11.4 Å². The molecule has 35 heavy (non-hydrogen) atoms. The number of imide groups is 1. The molecule has 1 heterocycles. The van der Waals surface area contributed by atoms with Gasteiger partial charge in [-0.2, -0.15) is 0 Å². The summed E-state index contributed by atoms with van der Waals surface area (Å²) in [7, 11) is 2.95. The summed E-state index contributed by atoms with van der Waals surface area (Å²) in [6.45, 7) is 1.23. The number of carbonyl (C=O) groups is 4. The van der Waals surface area contributed by atoms with E-state index in [0.29, 0.717) is 22.9 Å². The molecule has 0 radical (unpaired) electrons. The average molecular weight is 474 g/mol. The van der Waals surface area contributed by atoms with Crippen LogP contribution in [0.2, 0.25) is 0 Å². The van der Waals surface area contributed by atoms with E-state index in [-0.39, 0.29) is 16.7 Å². The number of para-hydroxylation sites is 1. The molecule has 0 unspecified atom stereocenters. The number of carbonyl (C=O) groups excluding carboxylic acids is 4. The van der Waals surface area contributed by atoms with Gasteiger partial charge in [-0.25, -0.2) is 9.69 Å². The number of rotatable bonds is 7. The SMILES string of the molecule is COc1ccc(OC)c(NC(=O)COC(=O)c2ccc3c(c2)C(=O)N(c2ccccc2C)C3=O)c1. The van der Waals surface area contributed by atoms with Crippen LogP contribution in [-0.4, -0.2) is 44.5 Å². The smallest absolute Gasteiger partial charge is 0.338 e. The molecule has 0 aromatic heterocycles. The lowest BCUT2D eigenvalue weighted by atomic mass is 10.1. The highest BCUT2D eigenvalue weighted by atomic mass is 16.5. The van der Waals surface area contributed by atoms with Gasteiger partial charge in [-0.3, -0.25) is 14.4 Å². The van der Waals surface area contributed by atoms with Gasteiger partial charge in [0.05, 0.1) is 42.3 Å². The Morgan fingerprint density at radius 2 is 1.63 bits per heavy atom. The highest BCUT2D eigenvalue weighted by Crippen LogP contribution is 2.31. The Bertz CT molecular complexity index is 1350. The van der Waals surface area contributed by atoms with E-state index in [1.54, 1.807) is 43.3 Å². The summed E-state index contributed by atoms with van der Waals surface area (Å²) >= 11 is 0. The minimum Gasteiger partial charge on any atom is -0.497 e. The molecule has 0 saturated heterocycles.